The molecule has 10 nitrogen and oxygen atoms in total. The molecule has 1 N–H and O–H groups in total. The maximum atomic E-state index is 17.3. The Hall–Kier alpha value is -4.64. The van der Waals surface area contributed by atoms with Crippen LogP contribution in [0.4, 0.5) is 23.8 Å². The quantitative estimate of drug-likeness (QED) is 0.174. The highest BCUT2D eigenvalue weighted by atomic mass is 35.5. The molecule has 2 aromatic carbocycles. The van der Waals surface area contributed by atoms with E-state index in [0.717, 1.165) is 42.8 Å². The number of methoxy groups -OCH3 is 1. The number of ether oxygens (including phenoxy) is 1. The summed E-state index contributed by atoms with van der Waals surface area (Å²) in [5.74, 6) is -3.18. The second kappa shape index (κ2) is 13.5. The summed E-state index contributed by atoms with van der Waals surface area (Å²) in [4.78, 5) is 30.9. The first-order chi connectivity index (χ1) is 26.8. The average Bonchev–Trinajstić information content (AvgIpc) is 3.97. The summed E-state index contributed by atoms with van der Waals surface area (Å²) >= 11 is 13.1. The van der Waals surface area contributed by atoms with Crippen molar-refractivity contribution in [3.8, 4) is 17.2 Å². The minimum Gasteiger partial charge on any atom is -0.453 e. The van der Waals surface area contributed by atoms with Crippen LogP contribution in [0, 0.1) is 35.9 Å². The van der Waals surface area contributed by atoms with Crippen LogP contribution in [0.5, 0.6) is 0 Å². The molecule has 290 valence electrons. The number of likely N-dealkylation sites (tertiary alicyclic amines) is 1. The monoisotopic (exact) mass is 802 g/mol. The average molecular weight is 804 g/mol. The van der Waals surface area contributed by atoms with E-state index in [1.807, 2.05) is 24.8 Å². The SMILES string of the molecule is COC(=O)N1[C@@H]2C[C@@H](C(C)N(c3cc(C(C)(F)F)ncn3)C2)[C@@H]1c1cc2c(C)nc3c(F)c(-c4cccc(Cl)c4Cl)c(CCC#N)cc3c2n1[C@H]1[C@H]2CN[C@@H]1C2. The molecule has 0 radical (unpaired) electrons. The van der Waals surface area contributed by atoms with Gasteiger partial charge in [0, 0.05) is 83.8 Å². The number of alkyl halides is 2. The number of nitrogens with zero attached hydrogens (tertiary/aromatic N) is 7. The Balaban J connectivity index is 1.28. The van der Waals surface area contributed by atoms with Gasteiger partial charge in [-0.2, -0.15) is 14.0 Å². The van der Waals surface area contributed by atoms with Crippen molar-refractivity contribution in [2.24, 2.45) is 11.8 Å². The molecule has 10 rings (SSSR count). The molecule has 7 heterocycles. The van der Waals surface area contributed by atoms with Gasteiger partial charge in [-0.25, -0.2) is 24.1 Å². The van der Waals surface area contributed by atoms with Crippen molar-refractivity contribution in [3.05, 3.63) is 81.2 Å². The minimum absolute atomic E-state index is 0.0164. The second-order valence-electron chi connectivity index (χ2n) is 15.7. The summed E-state index contributed by atoms with van der Waals surface area (Å²) in [5, 5.41) is 15.2. The molecule has 3 aromatic heterocycles. The van der Waals surface area contributed by atoms with E-state index in [9.17, 15) is 18.8 Å². The number of piperidine rings is 1. The summed E-state index contributed by atoms with van der Waals surface area (Å²) in [6, 6.07) is 11.8. The molecule has 15 heteroatoms. The van der Waals surface area contributed by atoms with Crippen LogP contribution in [0.1, 0.15) is 67.8 Å². The molecule has 4 bridgehead atoms. The highest BCUT2D eigenvalue weighted by Gasteiger charge is 2.56. The molecule has 1 saturated carbocycles. The van der Waals surface area contributed by atoms with Crippen molar-refractivity contribution in [1.82, 2.24) is 29.7 Å². The van der Waals surface area contributed by atoms with Gasteiger partial charge in [0.25, 0.3) is 5.92 Å². The maximum Gasteiger partial charge on any atom is 0.410 e. The predicted octanol–water partition coefficient (Wildman–Crippen LogP) is 8.91. The lowest BCUT2D eigenvalue weighted by Crippen LogP contribution is -2.48. The van der Waals surface area contributed by atoms with Crippen LogP contribution in [0.15, 0.2) is 42.7 Å². The van der Waals surface area contributed by atoms with Crippen LogP contribution >= 0.6 is 23.2 Å². The summed E-state index contributed by atoms with van der Waals surface area (Å²) < 4.78 is 54.0. The van der Waals surface area contributed by atoms with Crippen molar-refractivity contribution in [1.29, 1.82) is 5.26 Å². The third-order valence-corrected chi connectivity index (χ3v) is 13.5. The zero-order chi connectivity index (χ0) is 39.4. The molecule has 56 heavy (non-hydrogen) atoms. The maximum absolute atomic E-state index is 17.3. The number of carbonyl (C=O) groups excluding carboxylic acids is 1. The normalized spacial score (nSPS) is 25.5. The molecule has 4 aliphatic heterocycles. The van der Waals surface area contributed by atoms with Gasteiger partial charge in [-0.05, 0) is 62.8 Å². The Morgan fingerprint density at radius 3 is 2.66 bits per heavy atom. The molecule has 5 aliphatic rings. The predicted molar refractivity (Wildman–Crippen MR) is 208 cm³/mol. The van der Waals surface area contributed by atoms with Crippen LogP contribution in [-0.2, 0) is 17.1 Å². The molecule has 5 fully saturated rings. The number of hydrogen-bond acceptors (Lipinski definition) is 8. The Morgan fingerprint density at radius 2 is 1.96 bits per heavy atom. The second-order valence-corrected chi connectivity index (χ2v) is 16.5. The number of benzene rings is 2. The van der Waals surface area contributed by atoms with Gasteiger partial charge < -0.3 is 19.5 Å². The van der Waals surface area contributed by atoms with Crippen LogP contribution in [0.3, 0.4) is 0 Å². The summed E-state index contributed by atoms with van der Waals surface area (Å²) in [5.41, 5.74) is 3.41. The standard InChI is InChI=1S/C41H39Cl2F3N8O2/c1-19-25-14-30(39-26-13-23(53(39)40(55)56-4)17-52(20(26)2)32-15-31(41(3,45)46)49-18-50-32)54(37-22-12-29(37)48-16-22)38(25)27-11-21(7-6-10-47)33(35(44)36(27)51-19)24-8-5-9-28(42)34(24)43/h5,8-9,11,14-15,18,20,22-23,26,29,37,39,48H,6-7,12-13,16-17H2,1-4H3/t20?,22-,23-,26+,29-,37+,39-/m1/s1. The zero-order valence-electron chi connectivity index (χ0n) is 31.2. The molecule has 7 atom stereocenters. The van der Waals surface area contributed by atoms with E-state index in [0.29, 0.717) is 46.9 Å². The van der Waals surface area contributed by atoms with Gasteiger partial charge in [-0.15, -0.1) is 0 Å². The zero-order valence-corrected chi connectivity index (χ0v) is 32.7. The molecular formula is C41H39Cl2F3N8O2. The molecule has 1 amide bonds. The highest BCUT2D eigenvalue weighted by molar-refractivity contribution is 6.43. The Bertz CT molecular complexity index is 2470. The van der Waals surface area contributed by atoms with E-state index in [2.05, 4.69) is 32.0 Å². The van der Waals surface area contributed by atoms with Crippen LogP contribution < -0.4 is 10.2 Å². The van der Waals surface area contributed by atoms with Gasteiger partial charge >= 0.3 is 6.09 Å². The number of amides is 1. The fourth-order valence-corrected chi connectivity index (χ4v) is 10.5. The van der Waals surface area contributed by atoms with Gasteiger partial charge in [0.1, 0.15) is 23.4 Å². The van der Waals surface area contributed by atoms with E-state index in [1.165, 1.54) is 13.2 Å². The molecular weight excluding hydrogens is 764 g/mol. The van der Waals surface area contributed by atoms with Crippen LogP contribution in [-0.4, -0.2) is 68.8 Å². The van der Waals surface area contributed by atoms with Crippen molar-refractivity contribution in [2.45, 2.75) is 82.6 Å². The molecule has 1 aliphatic carbocycles. The third kappa shape index (κ3) is 5.54. The minimum atomic E-state index is -3.16. The van der Waals surface area contributed by atoms with Crippen molar-refractivity contribution >= 4 is 56.9 Å². The van der Waals surface area contributed by atoms with Crippen molar-refractivity contribution in [2.75, 3.05) is 25.1 Å². The van der Waals surface area contributed by atoms with Crippen molar-refractivity contribution < 1.29 is 22.7 Å². The third-order valence-electron chi connectivity index (χ3n) is 12.7. The summed E-state index contributed by atoms with van der Waals surface area (Å²) in [6.45, 7) is 5.91. The first kappa shape index (κ1) is 37.0. The van der Waals surface area contributed by atoms with E-state index in [1.54, 1.807) is 23.1 Å². The van der Waals surface area contributed by atoms with Gasteiger partial charge in [-0.3, -0.25) is 4.90 Å². The number of halogens is 5. The number of hydrogen-bond donors (Lipinski definition) is 1. The first-order valence-electron chi connectivity index (χ1n) is 18.9. The largest absolute Gasteiger partial charge is 0.453 e. The fourth-order valence-electron chi connectivity index (χ4n) is 10.1. The number of nitriles is 1. The number of rotatable bonds is 7. The van der Waals surface area contributed by atoms with E-state index in [4.69, 9.17) is 32.9 Å². The van der Waals surface area contributed by atoms with E-state index < -0.39 is 23.9 Å². The van der Waals surface area contributed by atoms with Crippen molar-refractivity contribution in [3.63, 3.8) is 0 Å². The lowest BCUT2D eigenvalue weighted by atomic mass is 9.79. The van der Waals surface area contributed by atoms with Crippen LogP contribution in [0.25, 0.3) is 32.9 Å². The summed E-state index contributed by atoms with van der Waals surface area (Å²) in [7, 11) is 1.37. The number of fused-ring (bicyclic) bond motifs is 6. The first-order valence-corrected chi connectivity index (χ1v) is 19.6. The molecule has 5 aromatic rings. The number of carbonyl (C=O) groups is 1. The van der Waals surface area contributed by atoms with Crippen LogP contribution in [0.2, 0.25) is 10.0 Å². The van der Waals surface area contributed by atoms with Gasteiger partial charge in [0.05, 0.1) is 46.9 Å². The molecule has 1 unspecified atom stereocenters. The number of aryl methyl sites for hydroxylation is 2. The van der Waals surface area contributed by atoms with Gasteiger partial charge in [0.2, 0.25) is 0 Å². The Morgan fingerprint density at radius 1 is 1.16 bits per heavy atom. The number of pyridine rings is 1. The smallest absolute Gasteiger partial charge is 0.410 e. The lowest BCUT2D eigenvalue weighted by Gasteiger charge is -2.41. The highest BCUT2D eigenvalue weighted by Crippen LogP contribution is 2.54. The fraction of sp³-hybridized carbons (Fsp3) is 0.439. The number of aromatic nitrogens is 4. The molecule has 4 saturated heterocycles. The number of anilines is 1. The van der Waals surface area contributed by atoms with E-state index in [-0.39, 0.29) is 69.7 Å². The Labute approximate surface area is 331 Å². The van der Waals surface area contributed by atoms with Gasteiger partial charge in [-0.1, -0.05) is 35.3 Å². The van der Waals surface area contributed by atoms with E-state index >= 15 is 4.39 Å². The topological polar surface area (TPSA) is 112 Å². The number of nitrogens with one attached hydrogen (secondary N) is 1. The lowest BCUT2D eigenvalue weighted by molar-refractivity contribution is 0.0126. The summed E-state index contributed by atoms with van der Waals surface area (Å²) in [6.07, 6.45) is 2.74. The van der Waals surface area contributed by atoms with Gasteiger partial charge in [0.15, 0.2) is 5.82 Å². The molecule has 0 spiro atoms. The Kier molecular flexibility index (Phi) is 8.91.